The van der Waals surface area contributed by atoms with E-state index in [-0.39, 0.29) is 45.7 Å². The van der Waals surface area contributed by atoms with Crippen molar-refractivity contribution < 1.29 is 41.7 Å². The van der Waals surface area contributed by atoms with Crippen molar-refractivity contribution in [2.75, 3.05) is 25.1 Å². The molecule has 4 aliphatic rings. The van der Waals surface area contributed by atoms with Gasteiger partial charge in [-0.05, 0) is 67.5 Å². The fourth-order valence-electron chi connectivity index (χ4n) is 6.89. The number of rotatable bonds is 7. The summed E-state index contributed by atoms with van der Waals surface area (Å²) in [4.78, 5) is 62.4. The normalized spacial score (nSPS) is 29.2. The summed E-state index contributed by atoms with van der Waals surface area (Å²) in [5, 5.41) is 3.05. The van der Waals surface area contributed by atoms with E-state index >= 15 is 0 Å². The highest BCUT2D eigenvalue weighted by Crippen LogP contribution is 2.59. The molecule has 1 aromatic carbocycles. The van der Waals surface area contributed by atoms with Gasteiger partial charge in [0.25, 0.3) is 5.91 Å². The third-order valence-electron chi connectivity index (χ3n) is 9.10. The molecule has 2 aromatic rings. The maximum Gasteiger partial charge on any atom is 0.399 e. The molecule has 43 heavy (non-hydrogen) atoms. The van der Waals surface area contributed by atoms with E-state index < -0.39 is 46.5 Å². The fraction of sp³-hybridized carbons (Fsp3) is 0.593. The lowest BCUT2D eigenvalue weighted by Gasteiger charge is -2.43. The Bertz CT molecular complexity index is 1660. The summed E-state index contributed by atoms with van der Waals surface area (Å²) < 4.78 is 59.8. The zero-order chi connectivity index (χ0) is 31.1. The summed E-state index contributed by atoms with van der Waals surface area (Å²) in [5.74, 6) is -0.114. The maximum absolute atomic E-state index is 14.2. The number of nitrogens with one attached hydrogen (secondary N) is 2. The molecule has 4 fully saturated rings. The molecule has 4 N–H and O–H groups in total. The molecule has 1 unspecified atom stereocenters. The second-order valence-electron chi connectivity index (χ2n) is 12.5. The van der Waals surface area contributed by atoms with Gasteiger partial charge in [-0.1, -0.05) is 6.07 Å². The Labute approximate surface area is 251 Å². The zero-order valence-corrected chi connectivity index (χ0v) is 25.8. The number of carbonyl (C=O) groups excluding carboxylic acids is 3. The molecule has 3 aliphatic heterocycles. The van der Waals surface area contributed by atoms with Crippen molar-refractivity contribution in [1.82, 2.24) is 15.1 Å². The van der Waals surface area contributed by atoms with Crippen molar-refractivity contribution in [1.29, 1.82) is 4.78 Å². The van der Waals surface area contributed by atoms with E-state index in [0.717, 1.165) is 36.3 Å². The average Bonchev–Trinajstić information content (AvgIpc) is 3.27. The van der Waals surface area contributed by atoms with Crippen molar-refractivity contribution in [2.24, 2.45) is 17.8 Å². The Morgan fingerprint density at radius 1 is 1.16 bits per heavy atom. The van der Waals surface area contributed by atoms with Crippen LogP contribution < -0.4 is 5.32 Å². The Hall–Kier alpha value is -2.45. The number of hydrogen-bond donors (Lipinski definition) is 4. The lowest BCUT2D eigenvalue weighted by molar-refractivity contribution is -0.150. The molecule has 6 atom stereocenters. The van der Waals surface area contributed by atoms with Crippen LogP contribution in [0.3, 0.4) is 0 Å². The van der Waals surface area contributed by atoms with Gasteiger partial charge in [0.05, 0.1) is 4.88 Å². The van der Waals surface area contributed by atoms with Crippen molar-refractivity contribution in [3.05, 3.63) is 34.7 Å². The predicted octanol–water partition coefficient (Wildman–Crippen LogP) is 3.15. The molecule has 3 saturated heterocycles. The summed E-state index contributed by atoms with van der Waals surface area (Å²) in [6, 6.07) is 2.90. The molecule has 16 heteroatoms. The van der Waals surface area contributed by atoms with Crippen LogP contribution in [0, 0.1) is 22.5 Å². The van der Waals surface area contributed by atoms with Gasteiger partial charge in [-0.25, -0.2) is 0 Å². The minimum Gasteiger partial charge on any atom is -0.340 e. The molecule has 1 aromatic heterocycles. The first-order valence-electron chi connectivity index (χ1n) is 14.1. The van der Waals surface area contributed by atoms with E-state index in [1.54, 1.807) is 9.80 Å². The van der Waals surface area contributed by atoms with Crippen LogP contribution in [0.25, 0.3) is 10.1 Å². The molecule has 1 saturated carbocycles. The summed E-state index contributed by atoms with van der Waals surface area (Å²) in [7, 11) is -8.42. The fourth-order valence-corrected chi connectivity index (χ4v) is 9.42. The van der Waals surface area contributed by atoms with E-state index in [9.17, 15) is 31.9 Å². The average molecular weight is 659 g/mol. The highest BCUT2D eigenvalue weighted by molar-refractivity contribution is 7.91. The molecule has 6 rings (SSSR count). The molecule has 0 bridgehead atoms. The van der Waals surface area contributed by atoms with Crippen LogP contribution in [0.4, 0.5) is 8.78 Å². The number of nitrogens with zero attached hydrogens (tertiary/aromatic N) is 2. The van der Waals surface area contributed by atoms with Gasteiger partial charge in [0.15, 0.2) is 0 Å². The molecular formula is C27H33F2N4O7PS2. The van der Waals surface area contributed by atoms with Crippen molar-refractivity contribution in [3.8, 4) is 0 Å². The SMILES string of the molecule is CS(=N)(=O)CC1CN(C(=O)[C@@H]2CC[C@@H]3C[C@@H]4C[C@@H]4C[C@H](NC(=O)c4cc5cc(C(F)(F)P(=O)(O)O)ccc5s4)C(=O)N32)C1. The van der Waals surface area contributed by atoms with E-state index in [4.69, 9.17) is 14.6 Å². The molecule has 0 spiro atoms. The van der Waals surface area contributed by atoms with Gasteiger partial charge < -0.3 is 24.9 Å². The third-order valence-corrected chi connectivity index (χ3v) is 12.3. The van der Waals surface area contributed by atoms with Gasteiger partial charge in [-0.15, -0.1) is 11.3 Å². The van der Waals surface area contributed by atoms with Crippen LogP contribution in [0.5, 0.6) is 0 Å². The second-order valence-corrected chi connectivity index (χ2v) is 17.6. The van der Waals surface area contributed by atoms with E-state index in [2.05, 4.69) is 5.32 Å². The van der Waals surface area contributed by atoms with Crippen molar-refractivity contribution in [3.63, 3.8) is 0 Å². The molecular weight excluding hydrogens is 625 g/mol. The Morgan fingerprint density at radius 2 is 1.86 bits per heavy atom. The topological polar surface area (TPSA) is 168 Å². The van der Waals surface area contributed by atoms with Crippen molar-refractivity contribution >= 4 is 56.5 Å². The summed E-state index contributed by atoms with van der Waals surface area (Å²) in [6.45, 7) is 0.814. The van der Waals surface area contributed by atoms with E-state index in [1.807, 2.05) is 0 Å². The molecule has 234 valence electrons. The van der Waals surface area contributed by atoms with Gasteiger partial charge in [0.1, 0.15) is 12.1 Å². The number of thiophene rings is 1. The molecule has 0 radical (unpaired) electrons. The Morgan fingerprint density at radius 3 is 2.53 bits per heavy atom. The van der Waals surface area contributed by atoms with Gasteiger partial charge in [-0.3, -0.25) is 27.9 Å². The van der Waals surface area contributed by atoms with E-state index in [0.29, 0.717) is 43.0 Å². The lowest BCUT2D eigenvalue weighted by Crippen LogP contribution is -2.60. The number of amides is 3. The monoisotopic (exact) mass is 658 g/mol. The zero-order valence-electron chi connectivity index (χ0n) is 23.3. The second kappa shape index (κ2) is 10.6. The Kier molecular flexibility index (Phi) is 7.52. The Balaban J connectivity index is 1.19. The van der Waals surface area contributed by atoms with Crippen LogP contribution in [0.1, 0.15) is 47.3 Å². The molecule has 1 aliphatic carbocycles. The van der Waals surface area contributed by atoms with Crippen LogP contribution in [0.2, 0.25) is 0 Å². The standard InChI is InChI=1S/C27H33F2N4O7PS2/c1-43(30,40)13-14-11-32(12-14)26(36)21-4-3-19-8-15-6-16(15)9-20(25(35)33(19)21)31-24(34)23-10-17-7-18(2-5-22(17)42-23)27(28,29)41(37,38)39/h2,5,7,10,14-16,19-21,30H,3-4,6,8-9,11-13H2,1H3,(H,31,34)(H2,37,38,39)/t15-,16+,19+,20-,21-,43?/m0/s1. The van der Waals surface area contributed by atoms with Crippen LogP contribution in [-0.4, -0.2) is 84.7 Å². The number of likely N-dealkylation sites (tertiary alicyclic amines) is 1. The van der Waals surface area contributed by atoms with Gasteiger partial charge in [0, 0.05) is 57.1 Å². The summed E-state index contributed by atoms with van der Waals surface area (Å²) in [5.41, 5.74) is -5.24. The highest BCUT2D eigenvalue weighted by Gasteiger charge is 2.53. The van der Waals surface area contributed by atoms with Gasteiger partial charge >= 0.3 is 13.3 Å². The number of fused-ring (bicyclic) bond motifs is 3. The number of hydrogen-bond acceptors (Lipinski definition) is 7. The number of alkyl halides is 2. The van der Waals surface area contributed by atoms with Crippen LogP contribution in [0.15, 0.2) is 24.3 Å². The first-order chi connectivity index (χ1) is 20.0. The number of benzene rings is 1. The van der Waals surface area contributed by atoms with E-state index in [1.165, 1.54) is 18.4 Å². The predicted molar refractivity (Wildman–Crippen MR) is 155 cm³/mol. The number of halogens is 2. The van der Waals surface area contributed by atoms with Gasteiger partial charge in [0.2, 0.25) is 11.8 Å². The molecule has 3 amide bonds. The first kappa shape index (κ1) is 30.6. The maximum atomic E-state index is 14.2. The minimum absolute atomic E-state index is 0.00106. The minimum atomic E-state index is -5.76. The first-order valence-corrected chi connectivity index (χ1v) is 18.7. The quantitative estimate of drug-likeness (QED) is 0.332. The van der Waals surface area contributed by atoms with Crippen LogP contribution >= 0.6 is 18.9 Å². The number of carbonyl (C=O) groups is 3. The van der Waals surface area contributed by atoms with Crippen molar-refractivity contribution in [2.45, 2.75) is 55.9 Å². The van der Waals surface area contributed by atoms with Gasteiger partial charge in [-0.2, -0.15) is 8.78 Å². The van der Waals surface area contributed by atoms with Crippen LogP contribution in [-0.2, 0) is 29.5 Å². The third kappa shape index (κ3) is 5.86. The largest absolute Gasteiger partial charge is 0.399 e. The smallest absolute Gasteiger partial charge is 0.340 e. The molecule has 11 nitrogen and oxygen atoms in total. The summed E-state index contributed by atoms with van der Waals surface area (Å²) >= 11 is 1.02. The highest BCUT2D eigenvalue weighted by atomic mass is 32.2. The molecule has 4 heterocycles. The lowest BCUT2D eigenvalue weighted by atomic mass is 9.98. The summed E-state index contributed by atoms with van der Waals surface area (Å²) in [6.07, 6.45) is 4.80.